The molecule has 0 bridgehead atoms. The number of fused-ring (bicyclic) bond motifs is 14. The third-order valence-electron chi connectivity index (χ3n) is 10.3. The van der Waals surface area contributed by atoms with Crippen molar-refractivity contribution >= 4 is 43.7 Å². The van der Waals surface area contributed by atoms with Gasteiger partial charge in [-0.1, -0.05) is 115 Å². The number of hydrogen-bond acceptors (Lipinski definition) is 2. The first kappa shape index (κ1) is 24.3. The maximum absolute atomic E-state index is 6.76. The monoisotopic (exact) mass is 587 g/mol. The van der Waals surface area contributed by atoms with Crippen molar-refractivity contribution in [1.82, 2.24) is 4.57 Å². The molecule has 0 fully saturated rings. The maximum Gasteiger partial charge on any atom is 0.143 e. The van der Waals surface area contributed by atoms with Crippen LogP contribution in [0.1, 0.15) is 22.3 Å². The molecule has 9 aromatic rings. The Kier molecular flexibility index (Phi) is 4.52. The highest BCUT2D eigenvalue weighted by molar-refractivity contribution is 6.13. The van der Waals surface area contributed by atoms with E-state index in [4.69, 9.17) is 9.15 Å². The van der Waals surface area contributed by atoms with Gasteiger partial charge in [-0.3, -0.25) is 0 Å². The molecule has 0 aliphatic carbocycles. The van der Waals surface area contributed by atoms with Gasteiger partial charge < -0.3 is 13.7 Å². The summed E-state index contributed by atoms with van der Waals surface area (Å²) in [5.74, 6) is 1.76. The Morgan fingerprint density at radius 2 is 1.17 bits per heavy atom. The van der Waals surface area contributed by atoms with E-state index in [-0.39, 0.29) is 0 Å². The van der Waals surface area contributed by atoms with Crippen LogP contribution in [0, 0.1) is 0 Å². The molecule has 4 heterocycles. The van der Waals surface area contributed by atoms with Crippen molar-refractivity contribution in [3.8, 4) is 28.3 Å². The highest BCUT2D eigenvalue weighted by Crippen LogP contribution is 2.60. The van der Waals surface area contributed by atoms with E-state index in [0.717, 1.165) is 55.7 Å². The lowest BCUT2D eigenvalue weighted by Gasteiger charge is -2.45. The molecule has 2 aliphatic heterocycles. The van der Waals surface area contributed by atoms with Crippen molar-refractivity contribution in [1.29, 1.82) is 0 Å². The van der Waals surface area contributed by atoms with Crippen molar-refractivity contribution < 1.29 is 9.15 Å². The van der Waals surface area contributed by atoms with Gasteiger partial charge in [-0.2, -0.15) is 0 Å². The van der Waals surface area contributed by atoms with E-state index < -0.39 is 5.41 Å². The molecule has 2 aliphatic rings. The van der Waals surface area contributed by atoms with Gasteiger partial charge in [-0.05, 0) is 53.1 Å². The van der Waals surface area contributed by atoms with Crippen molar-refractivity contribution in [2.45, 2.75) is 5.41 Å². The van der Waals surface area contributed by atoms with Gasteiger partial charge >= 0.3 is 0 Å². The van der Waals surface area contributed by atoms with E-state index in [2.05, 4.69) is 144 Å². The summed E-state index contributed by atoms with van der Waals surface area (Å²) in [6, 6.07) is 54.5. The Bertz CT molecular complexity index is 2750. The second-order valence-electron chi connectivity index (χ2n) is 12.4. The first-order valence-corrected chi connectivity index (χ1v) is 15.8. The zero-order valence-corrected chi connectivity index (χ0v) is 24.7. The molecule has 0 amide bonds. The summed E-state index contributed by atoms with van der Waals surface area (Å²) in [4.78, 5) is 0. The van der Waals surface area contributed by atoms with Gasteiger partial charge in [-0.25, -0.2) is 0 Å². The summed E-state index contributed by atoms with van der Waals surface area (Å²) < 4.78 is 15.8. The third kappa shape index (κ3) is 2.84. The number of ether oxygens (including phenoxy) is 1. The minimum absolute atomic E-state index is 0.609. The van der Waals surface area contributed by atoms with Crippen LogP contribution >= 0.6 is 0 Å². The fraction of sp³-hybridized carbons (Fsp3) is 0.0233. The van der Waals surface area contributed by atoms with Gasteiger partial charge in [0.05, 0.1) is 22.1 Å². The predicted octanol–water partition coefficient (Wildman–Crippen LogP) is 11.2. The molecular weight excluding hydrogens is 562 g/mol. The molecule has 1 atom stereocenters. The summed E-state index contributed by atoms with van der Waals surface area (Å²) in [6.07, 6.45) is 0. The lowest BCUT2D eigenvalue weighted by Crippen LogP contribution is -2.37. The number of para-hydroxylation sites is 6. The number of benzene rings is 7. The molecule has 0 radical (unpaired) electrons. The molecule has 1 unspecified atom stereocenters. The van der Waals surface area contributed by atoms with E-state index >= 15 is 0 Å². The molecule has 214 valence electrons. The van der Waals surface area contributed by atoms with Crippen molar-refractivity contribution in [2.24, 2.45) is 0 Å². The van der Waals surface area contributed by atoms with E-state index in [0.29, 0.717) is 0 Å². The van der Waals surface area contributed by atoms with Gasteiger partial charge in [0, 0.05) is 38.2 Å². The zero-order valence-electron chi connectivity index (χ0n) is 24.7. The quantitative estimate of drug-likeness (QED) is 0.191. The molecular formula is C43H25NO2. The van der Waals surface area contributed by atoms with Gasteiger partial charge in [0.1, 0.15) is 22.7 Å². The largest absolute Gasteiger partial charge is 0.457 e. The first-order valence-electron chi connectivity index (χ1n) is 15.8. The van der Waals surface area contributed by atoms with E-state index in [1.807, 2.05) is 12.1 Å². The van der Waals surface area contributed by atoms with Crippen LogP contribution < -0.4 is 4.74 Å². The Hall–Kier alpha value is -6.06. The fourth-order valence-corrected chi connectivity index (χ4v) is 8.47. The highest BCUT2D eigenvalue weighted by Gasteiger charge is 2.50. The summed E-state index contributed by atoms with van der Waals surface area (Å²) in [6.45, 7) is 0. The Morgan fingerprint density at radius 3 is 2.13 bits per heavy atom. The number of furan rings is 1. The highest BCUT2D eigenvalue weighted by atomic mass is 16.5. The predicted molar refractivity (Wildman–Crippen MR) is 185 cm³/mol. The summed E-state index contributed by atoms with van der Waals surface area (Å²) in [7, 11) is 0. The van der Waals surface area contributed by atoms with E-state index in [1.165, 1.54) is 38.6 Å². The van der Waals surface area contributed by atoms with Crippen LogP contribution in [-0.2, 0) is 5.41 Å². The van der Waals surface area contributed by atoms with Crippen LogP contribution in [0.5, 0.6) is 11.5 Å². The molecule has 11 rings (SSSR count). The molecule has 0 N–H and O–H groups in total. The van der Waals surface area contributed by atoms with Crippen LogP contribution in [0.15, 0.2) is 156 Å². The van der Waals surface area contributed by atoms with Crippen molar-refractivity contribution in [2.75, 3.05) is 0 Å². The second-order valence-corrected chi connectivity index (χ2v) is 12.4. The van der Waals surface area contributed by atoms with E-state index in [1.54, 1.807) is 0 Å². The zero-order chi connectivity index (χ0) is 30.0. The summed E-state index contributed by atoms with van der Waals surface area (Å²) in [5.41, 5.74) is 11.8. The normalized spacial score (nSPS) is 16.1. The second kappa shape index (κ2) is 8.56. The van der Waals surface area contributed by atoms with Crippen LogP contribution in [0.4, 0.5) is 0 Å². The van der Waals surface area contributed by atoms with Crippen molar-refractivity contribution in [3.63, 3.8) is 0 Å². The van der Waals surface area contributed by atoms with Crippen molar-refractivity contribution in [3.05, 3.63) is 174 Å². The summed E-state index contributed by atoms with van der Waals surface area (Å²) >= 11 is 0. The lowest BCUT2D eigenvalue weighted by molar-refractivity contribution is 0.434. The number of aromatic nitrogens is 1. The minimum atomic E-state index is -0.609. The van der Waals surface area contributed by atoms with Crippen LogP contribution in [0.2, 0.25) is 0 Å². The molecule has 1 spiro atoms. The fourth-order valence-electron chi connectivity index (χ4n) is 8.47. The SMILES string of the molecule is c1ccc2c(c1)Oc1ccc(-c3cccc4c3oc3ccccc34)cc1C21c2ccccc2-n2c3ccccc3c3cccc1c32. The minimum Gasteiger partial charge on any atom is -0.457 e. The number of hydrogen-bond donors (Lipinski definition) is 0. The standard InChI is InChI=1S/C43H25NO2/c1-5-19-36-28(11-1)30-14-10-18-34-41(30)44(36)37-20-6-3-16-32(37)43(34)33-17-4-8-22-39(33)45-40-24-23-26(25-35(40)43)27-13-9-15-31-29-12-2-7-21-38(29)46-42(27)31/h1-25H. The molecule has 46 heavy (non-hydrogen) atoms. The molecule has 0 saturated heterocycles. The van der Waals surface area contributed by atoms with Crippen LogP contribution in [0.3, 0.4) is 0 Å². The number of nitrogens with zero attached hydrogens (tertiary/aromatic N) is 1. The number of rotatable bonds is 1. The molecule has 2 aromatic heterocycles. The van der Waals surface area contributed by atoms with Crippen LogP contribution in [-0.4, -0.2) is 4.57 Å². The molecule has 0 saturated carbocycles. The average molecular weight is 588 g/mol. The Labute approximate surface area is 264 Å². The Morgan fingerprint density at radius 1 is 0.478 bits per heavy atom. The van der Waals surface area contributed by atoms with Crippen LogP contribution in [0.25, 0.3) is 60.6 Å². The average Bonchev–Trinajstić information content (AvgIpc) is 3.67. The van der Waals surface area contributed by atoms with Gasteiger partial charge in [0.15, 0.2) is 0 Å². The van der Waals surface area contributed by atoms with E-state index in [9.17, 15) is 0 Å². The maximum atomic E-state index is 6.76. The Balaban J connectivity index is 1.30. The smallest absolute Gasteiger partial charge is 0.143 e. The van der Waals surface area contributed by atoms with Gasteiger partial charge in [0.2, 0.25) is 0 Å². The lowest BCUT2D eigenvalue weighted by atomic mass is 9.61. The summed E-state index contributed by atoms with van der Waals surface area (Å²) in [5, 5.41) is 4.78. The van der Waals surface area contributed by atoms with Gasteiger partial charge in [-0.15, -0.1) is 0 Å². The van der Waals surface area contributed by atoms with Gasteiger partial charge in [0.25, 0.3) is 0 Å². The first-order chi connectivity index (χ1) is 22.8. The molecule has 7 aromatic carbocycles. The molecule has 3 heteroatoms. The third-order valence-corrected chi connectivity index (χ3v) is 10.3. The topological polar surface area (TPSA) is 27.3 Å². The molecule has 3 nitrogen and oxygen atoms in total.